The summed E-state index contributed by atoms with van der Waals surface area (Å²) in [4.78, 5) is 22.5. The molecule has 1 amide bonds. The molecule has 2 aromatic rings. The number of amides is 1. The van der Waals surface area contributed by atoms with Gasteiger partial charge in [0.1, 0.15) is 5.82 Å². The molecule has 0 spiro atoms. The van der Waals surface area contributed by atoms with Crippen molar-refractivity contribution in [2.24, 2.45) is 0 Å². The van der Waals surface area contributed by atoms with Crippen LogP contribution in [0.5, 0.6) is 0 Å². The lowest BCUT2D eigenvalue weighted by Gasteiger charge is -2.25. The van der Waals surface area contributed by atoms with Gasteiger partial charge in [0.25, 0.3) is 5.91 Å². The molecule has 0 saturated heterocycles. The Morgan fingerprint density at radius 2 is 2.25 bits per heavy atom. The van der Waals surface area contributed by atoms with E-state index in [0.29, 0.717) is 6.54 Å². The fourth-order valence-corrected chi connectivity index (χ4v) is 1.85. The predicted molar refractivity (Wildman–Crippen MR) is 75.0 cm³/mol. The Kier molecular flexibility index (Phi) is 4.45. The number of aromatic nitrogens is 4. The lowest BCUT2D eigenvalue weighted by molar-refractivity contribution is 0.0678. The van der Waals surface area contributed by atoms with Crippen molar-refractivity contribution in [1.82, 2.24) is 25.1 Å². The molecule has 0 aromatic carbocycles. The molecule has 0 aliphatic rings. The molecular weight excluding hydrogens is 254 g/mol. The molecule has 0 aliphatic carbocycles. The number of hydrogen-bond donors (Lipinski definition) is 1. The van der Waals surface area contributed by atoms with Crippen molar-refractivity contribution in [2.45, 2.75) is 39.8 Å². The van der Waals surface area contributed by atoms with E-state index in [1.807, 2.05) is 32.9 Å². The van der Waals surface area contributed by atoms with Crippen LogP contribution in [-0.2, 0) is 13.0 Å². The number of carbonyl (C=O) groups excluding carboxylic acids is 1. The lowest BCUT2D eigenvalue weighted by Crippen LogP contribution is -2.37. The van der Waals surface area contributed by atoms with Gasteiger partial charge in [-0.25, -0.2) is 4.98 Å². The van der Waals surface area contributed by atoms with E-state index in [2.05, 4.69) is 20.2 Å². The monoisotopic (exact) mass is 273 g/mol. The molecule has 2 aromatic heterocycles. The highest BCUT2D eigenvalue weighted by atomic mass is 16.2. The number of rotatable bonds is 5. The van der Waals surface area contributed by atoms with Crippen molar-refractivity contribution in [3.63, 3.8) is 0 Å². The van der Waals surface area contributed by atoms with Crippen LogP contribution >= 0.6 is 0 Å². The van der Waals surface area contributed by atoms with E-state index in [1.54, 1.807) is 17.3 Å². The third-order valence-corrected chi connectivity index (χ3v) is 3.02. The van der Waals surface area contributed by atoms with Gasteiger partial charge in [0.2, 0.25) is 5.82 Å². The summed E-state index contributed by atoms with van der Waals surface area (Å²) in [7, 11) is 0. The van der Waals surface area contributed by atoms with Crippen molar-refractivity contribution in [3.05, 3.63) is 41.7 Å². The molecule has 0 radical (unpaired) electrons. The first-order chi connectivity index (χ1) is 9.61. The molecule has 2 heterocycles. The van der Waals surface area contributed by atoms with Gasteiger partial charge in [-0.05, 0) is 25.5 Å². The molecule has 0 atom stereocenters. The quantitative estimate of drug-likeness (QED) is 0.901. The summed E-state index contributed by atoms with van der Waals surface area (Å²) in [6.45, 7) is 6.41. The summed E-state index contributed by atoms with van der Waals surface area (Å²) in [6, 6.07) is 3.87. The zero-order valence-electron chi connectivity index (χ0n) is 12.0. The normalized spacial score (nSPS) is 10.8. The summed E-state index contributed by atoms with van der Waals surface area (Å²) < 4.78 is 0. The summed E-state index contributed by atoms with van der Waals surface area (Å²) >= 11 is 0. The Morgan fingerprint density at radius 1 is 1.45 bits per heavy atom. The average Bonchev–Trinajstić information content (AvgIpc) is 2.94. The molecule has 106 valence electrons. The van der Waals surface area contributed by atoms with Crippen LogP contribution in [-0.4, -0.2) is 37.0 Å². The van der Waals surface area contributed by atoms with Gasteiger partial charge in [-0.1, -0.05) is 13.0 Å². The third-order valence-electron chi connectivity index (χ3n) is 3.02. The molecular formula is C14H19N5O. The second kappa shape index (κ2) is 6.27. The van der Waals surface area contributed by atoms with Crippen LogP contribution in [0.1, 0.15) is 42.8 Å². The molecule has 20 heavy (non-hydrogen) atoms. The van der Waals surface area contributed by atoms with E-state index in [9.17, 15) is 4.79 Å². The Bertz CT molecular complexity index is 564. The Labute approximate surface area is 118 Å². The molecule has 0 unspecified atom stereocenters. The number of H-pyrrole nitrogens is 1. The largest absolute Gasteiger partial charge is 0.329 e. The average molecular weight is 273 g/mol. The molecule has 0 bridgehead atoms. The maximum absolute atomic E-state index is 12.5. The maximum Gasteiger partial charge on any atom is 0.294 e. The van der Waals surface area contributed by atoms with Crippen molar-refractivity contribution in [1.29, 1.82) is 0 Å². The van der Waals surface area contributed by atoms with Gasteiger partial charge >= 0.3 is 0 Å². The minimum Gasteiger partial charge on any atom is -0.329 e. The second-order valence-electron chi connectivity index (χ2n) is 4.85. The van der Waals surface area contributed by atoms with Gasteiger partial charge in [0.05, 0.1) is 0 Å². The number of aromatic amines is 1. The topological polar surface area (TPSA) is 74.8 Å². The van der Waals surface area contributed by atoms with E-state index in [1.165, 1.54) is 0 Å². The van der Waals surface area contributed by atoms with Crippen molar-refractivity contribution >= 4 is 5.91 Å². The van der Waals surface area contributed by atoms with E-state index in [4.69, 9.17) is 0 Å². The lowest BCUT2D eigenvalue weighted by atomic mass is 10.2. The Balaban J connectivity index is 2.18. The highest BCUT2D eigenvalue weighted by molar-refractivity contribution is 5.90. The van der Waals surface area contributed by atoms with Crippen LogP contribution in [0.2, 0.25) is 0 Å². The predicted octanol–water partition coefficient (Wildman–Crippen LogP) is 1.81. The maximum atomic E-state index is 12.5. The van der Waals surface area contributed by atoms with Crippen molar-refractivity contribution < 1.29 is 4.79 Å². The fraction of sp³-hybridized carbons (Fsp3) is 0.429. The van der Waals surface area contributed by atoms with Gasteiger partial charge in [-0.3, -0.25) is 14.9 Å². The highest BCUT2D eigenvalue weighted by Gasteiger charge is 2.22. The number of nitrogens with one attached hydrogen (secondary N) is 1. The Morgan fingerprint density at radius 3 is 2.80 bits per heavy atom. The fourth-order valence-electron chi connectivity index (χ4n) is 1.85. The summed E-state index contributed by atoms with van der Waals surface area (Å²) in [6.07, 6.45) is 4.20. The number of pyridine rings is 1. The van der Waals surface area contributed by atoms with Crippen LogP contribution in [0.25, 0.3) is 0 Å². The molecule has 6 nitrogen and oxygen atoms in total. The third kappa shape index (κ3) is 3.20. The van der Waals surface area contributed by atoms with Crippen LogP contribution in [0.15, 0.2) is 24.5 Å². The van der Waals surface area contributed by atoms with Crippen LogP contribution in [0, 0.1) is 0 Å². The van der Waals surface area contributed by atoms with Crippen LogP contribution < -0.4 is 0 Å². The van der Waals surface area contributed by atoms with Crippen LogP contribution in [0.4, 0.5) is 0 Å². The molecule has 2 rings (SSSR count). The van der Waals surface area contributed by atoms with E-state index in [-0.39, 0.29) is 17.8 Å². The van der Waals surface area contributed by atoms with Crippen molar-refractivity contribution in [3.8, 4) is 0 Å². The Hall–Kier alpha value is -2.24. The standard InChI is InChI=1S/C14H19N5O/c1-4-12-16-13(18-17-12)14(20)19(10(2)3)9-11-6-5-7-15-8-11/h5-8,10H,4,9H2,1-3H3,(H,16,17,18). The van der Waals surface area contributed by atoms with Gasteiger partial charge in [0, 0.05) is 31.4 Å². The molecule has 1 N–H and O–H groups in total. The van der Waals surface area contributed by atoms with Gasteiger partial charge < -0.3 is 4.90 Å². The first-order valence-electron chi connectivity index (χ1n) is 6.73. The smallest absolute Gasteiger partial charge is 0.294 e. The first-order valence-corrected chi connectivity index (χ1v) is 6.73. The minimum atomic E-state index is -0.167. The minimum absolute atomic E-state index is 0.0614. The molecule has 0 aliphatic heterocycles. The second-order valence-corrected chi connectivity index (χ2v) is 4.85. The van der Waals surface area contributed by atoms with E-state index < -0.39 is 0 Å². The van der Waals surface area contributed by atoms with E-state index >= 15 is 0 Å². The summed E-state index contributed by atoms with van der Waals surface area (Å²) in [5.41, 5.74) is 0.987. The number of aryl methyl sites for hydroxylation is 1. The number of carbonyl (C=O) groups is 1. The van der Waals surface area contributed by atoms with Crippen molar-refractivity contribution in [2.75, 3.05) is 0 Å². The van der Waals surface area contributed by atoms with Gasteiger partial charge in [-0.15, -0.1) is 5.10 Å². The zero-order valence-corrected chi connectivity index (χ0v) is 12.0. The SMILES string of the molecule is CCc1nc(C(=O)N(Cc2cccnc2)C(C)C)n[nH]1. The zero-order chi connectivity index (χ0) is 14.5. The molecule has 0 saturated carbocycles. The first kappa shape index (κ1) is 14.2. The summed E-state index contributed by atoms with van der Waals surface area (Å²) in [5, 5.41) is 6.76. The van der Waals surface area contributed by atoms with Crippen LogP contribution in [0.3, 0.4) is 0 Å². The van der Waals surface area contributed by atoms with E-state index in [0.717, 1.165) is 17.8 Å². The number of hydrogen-bond acceptors (Lipinski definition) is 4. The summed E-state index contributed by atoms with van der Waals surface area (Å²) in [5.74, 6) is 0.776. The number of nitrogens with zero attached hydrogens (tertiary/aromatic N) is 4. The van der Waals surface area contributed by atoms with Gasteiger partial charge in [0.15, 0.2) is 0 Å². The molecule has 0 fully saturated rings. The highest BCUT2D eigenvalue weighted by Crippen LogP contribution is 2.10. The van der Waals surface area contributed by atoms with Gasteiger partial charge in [-0.2, -0.15) is 0 Å². The molecule has 6 heteroatoms.